The Morgan fingerprint density at radius 3 is 2.43 bits per heavy atom. The van der Waals surface area contributed by atoms with Crippen molar-refractivity contribution in [1.82, 2.24) is 10.6 Å². The molecule has 0 saturated carbocycles. The van der Waals surface area contributed by atoms with Gasteiger partial charge in [0.25, 0.3) is 5.91 Å². The Hall–Kier alpha value is -2.77. The quantitative estimate of drug-likeness (QED) is 0.234. The van der Waals surface area contributed by atoms with Crippen LogP contribution in [-0.4, -0.2) is 40.6 Å². The number of rotatable bonds is 7. The molecule has 0 fully saturated rings. The number of nitrogens with two attached hydrogens (primary N) is 1. The SMILES string of the molecule is N=C(N)NCCCC(NC(=O)c1ccc(O)cc1)C(=O)O. The van der Waals surface area contributed by atoms with Crippen LogP contribution in [-0.2, 0) is 4.79 Å². The van der Waals surface area contributed by atoms with Crippen molar-refractivity contribution in [3.05, 3.63) is 29.8 Å². The zero-order valence-corrected chi connectivity index (χ0v) is 11.3. The van der Waals surface area contributed by atoms with Gasteiger partial charge in [0, 0.05) is 12.1 Å². The van der Waals surface area contributed by atoms with Gasteiger partial charge in [-0.15, -0.1) is 0 Å². The first kappa shape index (κ1) is 16.3. The van der Waals surface area contributed by atoms with Crippen LogP contribution < -0.4 is 16.4 Å². The summed E-state index contributed by atoms with van der Waals surface area (Å²) in [5.41, 5.74) is 5.37. The first-order chi connectivity index (χ1) is 9.90. The van der Waals surface area contributed by atoms with Gasteiger partial charge in [-0.3, -0.25) is 10.2 Å². The number of carboxylic acids is 1. The molecule has 0 radical (unpaired) electrons. The van der Waals surface area contributed by atoms with Gasteiger partial charge in [-0.1, -0.05) is 0 Å². The Labute approximate surface area is 121 Å². The molecule has 7 N–H and O–H groups in total. The fourth-order valence-electron chi connectivity index (χ4n) is 1.64. The lowest BCUT2D eigenvalue weighted by Crippen LogP contribution is -2.41. The van der Waals surface area contributed by atoms with Gasteiger partial charge in [0.1, 0.15) is 11.8 Å². The zero-order chi connectivity index (χ0) is 15.8. The van der Waals surface area contributed by atoms with E-state index in [0.717, 1.165) is 0 Å². The fourth-order valence-corrected chi connectivity index (χ4v) is 1.64. The summed E-state index contributed by atoms with van der Waals surface area (Å²) in [7, 11) is 0. The predicted octanol–water partition coefficient (Wildman–Crippen LogP) is -0.162. The van der Waals surface area contributed by atoms with E-state index >= 15 is 0 Å². The monoisotopic (exact) mass is 294 g/mol. The van der Waals surface area contributed by atoms with E-state index in [9.17, 15) is 9.59 Å². The minimum Gasteiger partial charge on any atom is -0.508 e. The number of carboxylic acid groups (broad SMARTS) is 1. The summed E-state index contributed by atoms with van der Waals surface area (Å²) in [6.07, 6.45) is 0.645. The maximum absolute atomic E-state index is 11.9. The maximum Gasteiger partial charge on any atom is 0.326 e. The number of benzene rings is 1. The lowest BCUT2D eigenvalue weighted by Gasteiger charge is -2.14. The fraction of sp³-hybridized carbons (Fsp3) is 0.308. The highest BCUT2D eigenvalue weighted by Crippen LogP contribution is 2.10. The topological polar surface area (TPSA) is 149 Å². The molecule has 1 unspecified atom stereocenters. The van der Waals surface area contributed by atoms with Crippen molar-refractivity contribution in [2.75, 3.05) is 6.54 Å². The molecule has 21 heavy (non-hydrogen) atoms. The number of aliphatic carboxylic acids is 1. The summed E-state index contributed by atoms with van der Waals surface area (Å²) in [4.78, 5) is 23.0. The smallest absolute Gasteiger partial charge is 0.326 e. The van der Waals surface area contributed by atoms with Crippen LogP contribution in [0, 0.1) is 5.41 Å². The first-order valence-electron chi connectivity index (χ1n) is 6.30. The van der Waals surface area contributed by atoms with Gasteiger partial charge in [-0.25, -0.2) is 4.79 Å². The molecule has 0 spiro atoms. The molecule has 114 valence electrons. The lowest BCUT2D eigenvalue weighted by atomic mass is 10.1. The van der Waals surface area contributed by atoms with Crippen molar-refractivity contribution in [2.45, 2.75) is 18.9 Å². The van der Waals surface area contributed by atoms with E-state index in [0.29, 0.717) is 13.0 Å². The number of carbonyl (C=O) groups is 2. The number of guanidine groups is 1. The number of hydrogen-bond acceptors (Lipinski definition) is 4. The van der Waals surface area contributed by atoms with Gasteiger partial charge in [-0.2, -0.15) is 0 Å². The number of phenolic OH excluding ortho intramolecular Hbond substituents is 1. The molecule has 0 heterocycles. The van der Waals surface area contributed by atoms with Crippen LogP contribution in [0.1, 0.15) is 23.2 Å². The highest BCUT2D eigenvalue weighted by Gasteiger charge is 2.20. The summed E-state index contributed by atoms with van der Waals surface area (Å²) in [6, 6.07) is 4.48. The predicted molar refractivity (Wildman–Crippen MR) is 76.1 cm³/mol. The second kappa shape index (κ2) is 7.73. The molecule has 1 rings (SSSR count). The third-order valence-corrected chi connectivity index (χ3v) is 2.72. The molecule has 0 aliphatic heterocycles. The standard InChI is InChI=1S/C13H18N4O4/c14-13(15)16-7-1-2-10(12(20)21)17-11(19)8-3-5-9(18)6-4-8/h3-6,10,18H,1-2,7H2,(H,17,19)(H,20,21)(H4,14,15,16). The van der Waals surface area contributed by atoms with E-state index in [1.54, 1.807) is 0 Å². The Morgan fingerprint density at radius 1 is 1.29 bits per heavy atom. The van der Waals surface area contributed by atoms with Gasteiger partial charge in [0.05, 0.1) is 0 Å². The van der Waals surface area contributed by atoms with Crippen molar-refractivity contribution < 1.29 is 19.8 Å². The molecule has 0 aliphatic rings. The molecule has 8 nitrogen and oxygen atoms in total. The first-order valence-corrected chi connectivity index (χ1v) is 6.30. The van der Waals surface area contributed by atoms with Crippen molar-refractivity contribution >= 4 is 17.8 Å². The van der Waals surface area contributed by atoms with Crippen LogP contribution in [0.2, 0.25) is 0 Å². The number of amides is 1. The Bertz CT molecular complexity index is 515. The molecule has 1 aromatic rings. The molecule has 0 bridgehead atoms. The van der Waals surface area contributed by atoms with Gasteiger partial charge in [0.15, 0.2) is 5.96 Å². The number of carbonyl (C=O) groups excluding carboxylic acids is 1. The molecule has 8 heteroatoms. The van der Waals surface area contributed by atoms with E-state index in [1.165, 1.54) is 24.3 Å². The van der Waals surface area contributed by atoms with E-state index < -0.39 is 17.9 Å². The third kappa shape index (κ3) is 5.81. The Balaban J connectivity index is 2.53. The summed E-state index contributed by atoms with van der Waals surface area (Å²) >= 11 is 0. The van der Waals surface area contributed by atoms with Crippen molar-refractivity contribution in [2.24, 2.45) is 5.73 Å². The van der Waals surface area contributed by atoms with Crippen LogP contribution in [0.5, 0.6) is 5.75 Å². The van der Waals surface area contributed by atoms with Crippen LogP contribution >= 0.6 is 0 Å². The normalized spacial score (nSPS) is 11.4. The van der Waals surface area contributed by atoms with Gasteiger partial charge in [0.2, 0.25) is 0 Å². The van der Waals surface area contributed by atoms with Gasteiger partial charge < -0.3 is 26.6 Å². The highest BCUT2D eigenvalue weighted by atomic mass is 16.4. The number of hydrogen-bond donors (Lipinski definition) is 6. The number of nitrogens with one attached hydrogen (secondary N) is 3. The minimum atomic E-state index is -1.13. The van der Waals surface area contributed by atoms with Gasteiger partial charge in [-0.05, 0) is 37.1 Å². The summed E-state index contributed by atoms with van der Waals surface area (Å²) in [5.74, 6) is -1.82. The Morgan fingerprint density at radius 2 is 1.90 bits per heavy atom. The van der Waals surface area contributed by atoms with Crippen molar-refractivity contribution in [1.29, 1.82) is 5.41 Å². The molecular formula is C13H18N4O4. The van der Waals surface area contributed by atoms with Crippen LogP contribution in [0.25, 0.3) is 0 Å². The van der Waals surface area contributed by atoms with E-state index in [-0.39, 0.29) is 23.7 Å². The zero-order valence-electron chi connectivity index (χ0n) is 11.3. The highest BCUT2D eigenvalue weighted by molar-refractivity contribution is 5.96. The van der Waals surface area contributed by atoms with E-state index in [4.69, 9.17) is 21.4 Å². The maximum atomic E-state index is 11.9. The summed E-state index contributed by atoms with van der Waals surface area (Å²) in [6.45, 7) is 0.355. The van der Waals surface area contributed by atoms with Crippen LogP contribution in [0.3, 0.4) is 0 Å². The van der Waals surface area contributed by atoms with Crippen LogP contribution in [0.4, 0.5) is 0 Å². The Kier molecular flexibility index (Phi) is 5.99. The molecule has 1 atom stereocenters. The number of phenols is 1. The van der Waals surface area contributed by atoms with Gasteiger partial charge >= 0.3 is 5.97 Å². The second-order valence-corrected chi connectivity index (χ2v) is 4.39. The largest absolute Gasteiger partial charge is 0.508 e. The summed E-state index contributed by atoms with van der Waals surface area (Å²) in [5, 5.41) is 30.1. The minimum absolute atomic E-state index is 0.0247. The van der Waals surface area contributed by atoms with Crippen molar-refractivity contribution in [3.8, 4) is 5.75 Å². The average Bonchev–Trinajstić information content (AvgIpc) is 2.42. The lowest BCUT2D eigenvalue weighted by molar-refractivity contribution is -0.139. The molecule has 1 amide bonds. The average molecular weight is 294 g/mol. The second-order valence-electron chi connectivity index (χ2n) is 4.39. The summed E-state index contributed by atoms with van der Waals surface area (Å²) < 4.78 is 0. The molecule has 0 aromatic heterocycles. The molecule has 0 aliphatic carbocycles. The van der Waals surface area contributed by atoms with E-state index in [2.05, 4.69) is 10.6 Å². The molecule has 0 saturated heterocycles. The van der Waals surface area contributed by atoms with Crippen LogP contribution in [0.15, 0.2) is 24.3 Å². The van der Waals surface area contributed by atoms with E-state index in [1.807, 2.05) is 0 Å². The van der Waals surface area contributed by atoms with Crippen molar-refractivity contribution in [3.63, 3.8) is 0 Å². The third-order valence-electron chi connectivity index (χ3n) is 2.72. The molecule has 1 aromatic carbocycles. The molecular weight excluding hydrogens is 276 g/mol. The number of aromatic hydroxyl groups is 1.